The van der Waals surface area contributed by atoms with E-state index in [1.165, 1.54) is 0 Å². The predicted octanol–water partition coefficient (Wildman–Crippen LogP) is 1.84. The first-order valence-electron chi connectivity index (χ1n) is 4.38. The molecule has 0 aliphatic rings. The van der Waals surface area contributed by atoms with Crippen LogP contribution in [0.1, 0.15) is 34.6 Å². The third kappa shape index (κ3) is 5.89. The molecule has 0 fully saturated rings. The molecule has 0 unspecified atom stereocenters. The predicted molar refractivity (Wildman–Crippen MR) is 55.0 cm³/mol. The number of aliphatic imine (C=N–C) groups is 2. The molecule has 3 nitrogen and oxygen atoms in total. The van der Waals surface area contributed by atoms with Gasteiger partial charge in [-0.1, -0.05) is 0 Å². The molecule has 0 aliphatic carbocycles. The Morgan fingerprint density at radius 1 is 1.25 bits per heavy atom. The van der Waals surface area contributed by atoms with Crippen LogP contribution in [0.3, 0.4) is 0 Å². The second-order valence-electron chi connectivity index (χ2n) is 2.99. The molecule has 0 aromatic carbocycles. The van der Waals surface area contributed by atoms with Crippen LogP contribution >= 0.6 is 0 Å². The third-order valence-corrected chi connectivity index (χ3v) is 1.21. The normalized spacial score (nSPS) is 13.8. The third-order valence-electron chi connectivity index (χ3n) is 1.21. The lowest BCUT2D eigenvalue weighted by Gasteiger charge is -2.05. The van der Waals surface area contributed by atoms with Gasteiger partial charge in [0, 0.05) is 12.6 Å². The van der Waals surface area contributed by atoms with Gasteiger partial charge in [-0.25, -0.2) is 0 Å². The van der Waals surface area contributed by atoms with Gasteiger partial charge in [-0.2, -0.15) is 0 Å². The zero-order valence-corrected chi connectivity index (χ0v) is 8.68. The Morgan fingerprint density at radius 2 is 1.83 bits per heavy atom. The van der Waals surface area contributed by atoms with E-state index >= 15 is 0 Å². The van der Waals surface area contributed by atoms with E-state index in [1.54, 1.807) is 0 Å². The van der Waals surface area contributed by atoms with Crippen molar-refractivity contribution in [2.75, 3.05) is 6.54 Å². The summed E-state index contributed by atoms with van der Waals surface area (Å²) < 4.78 is 0. The molecule has 0 aromatic heterocycles. The van der Waals surface area contributed by atoms with E-state index in [-0.39, 0.29) is 0 Å². The summed E-state index contributed by atoms with van der Waals surface area (Å²) in [5.41, 5.74) is 0. The molecular weight excluding hydrogens is 150 g/mol. The molecule has 0 amide bonds. The number of nitrogens with zero attached hydrogens (tertiary/aromatic N) is 2. The van der Waals surface area contributed by atoms with Gasteiger partial charge in [-0.15, -0.1) is 0 Å². The number of hydrogen-bond acceptors (Lipinski definition) is 2. The van der Waals surface area contributed by atoms with Crippen molar-refractivity contribution in [2.45, 2.75) is 40.7 Å². The van der Waals surface area contributed by atoms with Crippen LogP contribution in [0.4, 0.5) is 0 Å². The number of hydrogen-bond donors (Lipinski definition) is 1. The molecule has 0 rings (SSSR count). The molecule has 0 bridgehead atoms. The minimum absolute atomic E-state index is 0.340. The van der Waals surface area contributed by atoms with Crippen molar-refractivity contribution < 1.29 is 0 Å². The summed E-state index contributed by atoms with van der Waals surface area (Å²) in [6.07, 6.45) is 0. The highest BCUT2D eigenvalue weighted by molar-refractivity contribution is 5.98. The summed E-state index contributed by atoms with van der Waals surface area (Å²) in [6, 6.07) is 0.340. The van der Waals surface area contributed by atoms with E-state index < -0.39 is 0 Å². The summed E-state index contributed by atoms with van der Waals surface area (Å²) in [5, 5.41) is 3.11. The van der Waals surface area contributed by atoms with Crippen molar-refractivity contribution in [2.24, 2.45) is 9.98 Å². The van der Waals surface area contributed by atoms with E-state index in [1.807, 2.05) is 20.8 Å². The van der Waals surface area contributed by atoms with Crippen LogP contribution in [-0.4, -0.2) is 24.3 Å². The summed E-state index contributed by atoms with van der Waals surface area (Å²) in [5.74, 6) is 1.86. The molecule has 0 spiro atoms. The first-order chi connectivity index (χ1) is 5.56. The number of amidine groups is 2. The van der Waals surface area contributed by atoms with Gasteiger partial charge in [0.25, 0.3) is 0 Å². The molecule has 0 saturated heterocycles. The zero-order valence-electron chi connectivity index (χ0n) is 8.68. The molecule has 0 saturated carbocycles. The number of rotatable bonds is 2. The molecule has 3 heteroatoms. The fraction of sp³-hybridized carbons (Fsp3) is 0.778. The lowest BCUT2D eigenvalue weighted by atomic mass is 10.4. The monoisotopic (exact) mass is 169 g/mol. The van der Waals surface area contributed by atoms with Gasteiger partial charge in [-0.05, 0) is 34.6 Å². The van der Waals surface area contributed by atoms with E-state index in [9.17, 15) is 0 Å². The maximum atomic E-state index is 4.32. The first kappa shape index (κ1) is 11.1. The van der Waals surface area contributed by atoms with Crippen LogP contribution in [0.25, 0.3) is 0 Å². The minimum atomic E-state index is 0.340. The second kappa shape index (κ2) is 5.75. The number of nitrogens with one attached hydrogen (secondary N) is 1. The molecule has 1 N–H and O–H groups in total. The topological polar surface area (TPSA) is 36.8 Å². The van der Waals surface area contributed by atoms with Gasteiger partial charge in [-0.3, -0.25) is 9.98 Å². The van der Waals surface area contributed by atoms with E-state index in [0.29, 0.717) is 6.04 Å². The SMILES string of the molecule is CCN=C(C)NC(C)=NC(C)C. The Bertz CT molecular complexity index is 180. The maximum Gasteiger partial charge on any atom is 0.0987 e. The Kier molecular flexibility index (Phi) is 5.34. The van der Waals surface area contributed by atoms with Crippen LogP contribution in [0, 0.1) is 0 Å². The Balaban J connectivity index is 4.00. The minimum Gasteiger partial charge on any atom is -0.333 e. The highest BCUT2D eigenvalue weighted by Crippen LogP contribution is 1.86. The van der Waals surface area contributed by atoms with Crippen LogP contribution in [0.15, 0.2) is 9.98 Å². The first-order valence-corrected chi connectivity index (χ1v) is 4.38. The van der Waals surface area contributed by atoms with E-state index in [2.05, 4.69) is 29.1 Å². The standard InChI is InChI=1S/C9H19N3/c1-6-10-8(4)12-9(5)11-7(2)3/h7H,6H2,1-5H3,(H,10,11,12). The average Bonchev–Trinajstić information content (AvgIpc) is 1.84. The summed E-state index contributed by atoms with van der Waals surface area (Å²) in [7, 11) is 0. The molecule has 0 aliphatic heterocycles. The Labute approximate surface area is 75.0 Å². The molecule has 12 heavy (non-hydrogen) atoms. The fourth-order valence-corrected chi connectivity index (χ4v) is 0.958. The fourth-order valence-electron chi connectivity index (χ4n) is 0.958. The highest BCUT2D eigenvalue weighted by Gasteiger charge is 1.93. The van der Waals surface area contributed by atoms with Crippen molar-refractivity contribution in [1.29, 1.82) is 0 Å². The van der Waals surface area contributed by atoms with Gasteiger partial charge in [0.15, 0.2) is 0 Å². The van der Waals surface area contributed by atoms with Crippen molar-refractivity contribution in [3.8, 4) is 0 Å². The highest BCUT2D eigenvalue weighted by atomic mass is 15.1. The average molecular weight is 169 g/mol. The largest absolute Gasteiger partial charge is 0.333 e. The quantitative estimate of drug-likeness (QED) is 0.497. The molecule has 0 atom stereocenters. The van der Waals surface area contributed by atoms with Crippen LogP contribution in [0.2, 0.25) is 0 Å². The second-order valence-corrected chi connectivity index (χ2v) is 2.99. The van der Waals surface area contributed by atoms with Crippen LogP contribution in [0.5, 0.6) is 0 Å². The van der Waals surface area contributed by atoms with Crippen molar-refractivity contribution >= 4 is 11.7 Å². The van der Waals surface area contributed by atoms with Crippen molar-refractivity contribution in [3.05, 3.63) is 0 Å². The summed E-state index contributed by atoms with van der Waals surface area (Å²) >= 11 is 0. The maximum absolute atomic E-state index is 4.32. The molecule has 0 aromatic rings. The summed E-state index contributed by atoms with van der Waals surface area (Å²) in [4.78, 5) is 8.52. The Morgan fingerprint density at radius 3 is 2.25 bits per heavy atom. The van der Waals surface area contributed by atoms with Gasteiger partial charge in [0.05, 0.1) is 11.7 Å². The lowest BCUT2D eigenvalue weighted by molar-refractivity contribution is 0.829. The smallest absolute Gasteiger partial charge is 0.0987 e. The van der Waals surface area contributed by atoms with Gasteiger partial charge in [0.2, 0.25) is 0 Å². The van der Waals surface area contributed by atoms with Crippen LogP contribution < -0.4 is 5.32 Å². The van der Waals surface area contributed by atoms with Gasteiger partial charge in [0.1, 0.15) is 0 Å². The van der Waals surface area contributed by atoms with E-state index in [0.717, 1.165) is 18.2 Å². The van der Waals surface area contributed by atoms with Crippen molar-refractivity contribution in [3.63, 3.8) is 0 Å². The van der Waals surface area contributed by atoms with E-state index in [4.69, 9.17) is 0 Å². The Hall–Kier alpha value is -0.860. The van der Waals surface area contributed by atoms with Gasteiger partial charge >= 0.3 is 0 Å². The molecular formula is C9H19N3. The molecule has 0 heterocycles. The van der Waals surface area contributed by atoms with Gasteiger partial charge < -0.3 is 5.32 Å². The zero-order chi connectivity index (χ0) is 9.56. The molecule has 0 radical (unpaired) electrons. The molecule has 70 valence electrons. The summed E-state index contributed by atoms with van der Waals surface area (Å²) in [6.45, 7) is 10.8. The van der Waals surface area contributed by atoms with Crippen LogP contribution in [-0.2, 0) is 0 Å². The lowest BCUT2D eigenvalue weighted by Crippen LogP contribution is -2.27. The van der Waals surface area contributed by atoms with Crippen molar-refractivity contribution in [1.82, 2.24) is 5.32 Å².